The largest absolute Gasteiger partial charge is 0.394 e. The summed E-state index contributed by atoms with van der Waals surface area (Å²) >= 11 is 0. The van der Waals surface area contributed by atoms with E-state index in [9.17, 15) is 50.8 Å². The highest BCUT2D eigenvalue weighted by molar-refractivity contribution is 5.73. The van der Waals surface area contributed by atoms with Crippen molar-refractivity contribution in [3.63, 3.8) is 0 Å². The maximum atomic E-state index is 11.7. The molecular weight excluding hydrogens is 534 g/mol. The van der Waals surface area contributed by atoms with E-state index in [0.717, 1.165) is 0 Å². The second kappa shape index (κ2) is 14.2. The molecule has 3 rings (SSSR count). The number of rotatable bonds is 10. The zero-order valence-electron chi connectivity index (χ0n) is 21.4. The Morgan fingerprint density at radius 2 is 1.13 bits per heavy atom. The first-order valence-electron chi connectivity index (χ1n) is 12.6. The minimum absolute atomic E-state index is 0.155. The van der Waals surface area contributed by atoms with Crippen LogP contribution in [0.2, 0.25) is 0 Å². The molecule has 0 bridgehead atoms. The van der Waals surface area contributed by atoms with Gasteiger partial charge < -0.3 is 79.7 Å². The molecule has 0 radical (unpaired) electrons. The lowest BCUT2D eigenvalue weighted by atomic mass is 9.95. The third-order valence-electron chi connectivity index (χ3n) is 6.81. The predicted octanol–water partition coefficient (Wildman–Crippen LogP) is -6.38. The van der Waals surface area contributed by atoms with Crippen LogP contribution in [0.15, 0.2) is 0 Å². The minimum atomic E-state index is -1.89. The Morgan fingerprint density at radius 1 is 0.667 bits per heavy atom. The van der Waals surface area contributed by atoms with E-state index in [1.54, 1.807) is 6.92 Å². The Kier molecular flexibility index (Phi) is 11.8. The summed E-state index contributed by atoms with van der Waals surface area (Å²) < 4.78 is 33.1. The number of nitrogens with one attached hydrogen (secondary N) is 1. The fourth-order valence-electron chi connectivity index (χ4n) is 4.75. The zero-order valence-corrected chi connectivity index (χ0v) is 21.4. The highest BCUT2D eigenvalue weighted by Gasteiger charge is 2.53. The van der Waals surface area contributed by atoms with E-state index < -0.39 is 118 Å². The fraction of sp³-hybridized carbons (Fsp3) is 0.955. The highest BCUT2D eigenvalue weighted by atomic mass is 16.8. The van der Waals surface area contributed by atoms with Crippen molar-refractivity contribution in [2.75, 3.05) is 26.4 Å². The molecule has 0 aromatic rings. The third-order valence-corrected chi connectivity index (χ3v) is 6.81. The van der Waals surface area contributed by atoms with Gasteiger partial charge in [-0.2, -0.15) is 0 Å². The summed E-state index contributed by atoms with van der Waals surface area (Å²) in [5.41, 5.74) is 0. The molecule has 3 saturated heterocycles. The molecule has 10 N–H and O–H groups in total. The van der Waals surface area contributed by atoms with Gasteiger partial charge in [0.05, 0.1) is 19.8 Å². The van der Waals surface area contributed by atoms with E-state index in [1.807, 2.05) is 0 Å². The molecule has 3 fully saturated rings. The molecule has 39 heavy (non-hydrogen) atoms. The van der Waals surface area contributed by atoms with Crippen molar-refractivity contribution in [2.24, 2.45) is 0 Å². The van der Waals surface area contributed by atoms with Crippen molar-refractivity contribution in [1.82, 2.24) is 5.32 Å². The van der Waals surface area contributed by atoms with Gasteiger partial charge in [0, 0.05) is 13.5 Å². The highest BCUT2D eigenvalue weighted by Crippen LogP contribution is 2.32. The van der Waals surface area contributed by atoms with E-state index in [4.69, 9.17) is 28.4 Å². The molecule has 1 amide bonds. The number of hydrogen-bond donors (Lipinski definition) is 10. The molecule has 3 aliphatic heterocycles. The maximum absolute atomic E-state index is 11.7. The van der Waals surface area contributed by atoms with Crippen LogP contribution in [-0.2, 0) is 33.2 Å². The first kappa shape index (κ1) is 32.4. The van der Waals surface area contributed by atoms with E-state index in [0.29, 0.717) is 0 Å². The monoisotopic (exact) mass is 573 g/mol. The van der Waals surface area contributed by atoms with Gasteiger partial charge in [-0.1, -0.05) is 0 Å². The van der Waals surface area contributed by atoms with Crippen LogP contribution in [0, 0.1) is 0 Å². The number of carbonyl (C=O) groups excluding carboxylic acids is 1. The van der Waals surface area contributed by atoms with Crippen molar-refractivity contribution in [3.05, 3.63) is 0 Å². The van der Waals surface area contributed by atoms with Crippen LogP contribution in [-0.4, -0.2) is 170 Å². The number of aliphatic hydroxyl groups is 9. The molecule has 17 nitrogen and oxygen atoms in total. The average Bonchev–Trinajstić information content (AvgIpc) is 2.91. The SMILES string of the molecule is CCOC1OC(CO)C(OC2OC(CO)C(OC3OC(CO)C(O)C(O)C3O)C(O)C2O)C(O)C1NC(C)=O. The number of hydrogen-bond acceptors (Lipinski definition) is 16. The van der Waals surface area contributed by atoms with Gasteiger partial charge in [0.1, 0.15) is 73.2 Å². The van der Waals surface area contributed by atoms with Crippen LogP contribution in [0.5, 0.6) is 0 Å². The average molecular weight is 574 g/mol. The summed E-state index contributed by atoms with van der Waals surface area (Å²) in [7, 11) is 0. The topological polar surface area (TPSA) is 267 Å². The van der Waals surface area contributed by atoms with Gasteiger partial charge in [0.25, 0.3) is 0 Å². The minimum Gasteiger partial charge on any atom is -0.394 e. The van der Waals surface area contributed by atoms with Crippen LogP contribution < -0.4 is 5.32 Å². The Morgan fingerprint density at radius 3 is 1.62 bits per heavy atom. The summed E-state index contributed by atoms with van der Waals surface area (Å²) in [6, 6.07) is -1.14. The van der Waals surface area contributed by atoms with Gasteiger partial charge in [-0.15, -0.1) is 0 Å². The van der Waals surface area contributed by atoms with E-state index in [2.05, 4.69) is 5.32 Å². The van der Waals surface area contributed by atoms with Crippen molar-refractivity contribution < 1.29 is 79.2 Å². The lowest BCUT2D eigenvalue weighted by Crippen LogP contribution is -2.68. The van der Waals surface area contributed by atoms with Crippen molar-refractivity contribution in [2.45, 2.75) is 106 Å². The molecule has 0 aromatic heterocycles. The van der Waals surface area contributed by atoms with Gasteiger partial charge in [0.2, 0.25) is 5.91 Å². The summed E-state index contributed by atoms with van der Waals surface area (Å²) in [6.07, 6.45) is -22.1. The van der Waals surface area contributed by atoms with Gasteiger partial charge in [-0.3, -0.25) is 4.79 Å². The van der Waals surface area contributed by atoms with Crippen LogP contribution in [0.25, 0.3) is 0 Å². The van der Waals surface area contributed by atoms with E-state index in [1.165, 1.54) is 6.92 Å². The van der Waals surface area contributed by atoms with E-state index in [-0.39, 0.29) is 6.61 Å². The third kappa shape index (κ3) is 7.03. The first-order chi connectivity index (χ1) is 18.5. The molecule has 15 unspecified atom stereocenters. The molecule has 0 aliphatic carbocycles. The molecule has 0 saturated carbocycles. The van der Waals surface area contributed by atoms with Gasteiger partial charge in [-0.25, -0.2) is 0 Å². The van der Waals surface area contributed by atoms with Crippen LogP contribution in [0.4, 0.5) is 0 Å². The lowest BCUT2D eigenvalue weighted by Gasteiger charge is -2.48. The van der Waals surface area contributed by atoms with E-state index >= 15 is 0 Å². The first-order valence-corrected chi connectivity index (χ1v) is 12.6. The normalized spacial score (nSPS) is 47.1. The molecule has 0 spiro atoms. The van der Waals surface area contributed by atoms with Crippen molar-refractivity contribution >= 4 is 5.91 Å². The fourth-order valence-corrected chi connectivity index (χ4v) is 4.75. The van der Waals surface area contributed by atoms with Gasteiger partial charge in [-0.05, 0) is 6.92 Å². The van der Waals surface area contributed by atoms with Crippen molar-refractivity contribution in [3.8, 4) is 0 Å². The van der Waals surface area contributed by atoms with Gasteiger partial charge >= 0.3 is 0 Å². The molecule has 15 atom stereocenters. The standard InChI is InChI=1S/C22H39NO16/c1-3-34-20-11(23-7(2)27)13(29)18(9(5-25)36-20)38-22-17(33)15(31)19(10(6-26)37-22)39-21-16(32)14(30)12(28)8(4-24)35-21/h8-22,24-26,28-33H,3-6H2,1-2H3,(H,23,27). The smallest absolute Gasteiger partial charge is 0.217 e. The molecule has 3 aliphatic rings. The van der Waals surface area contributed by atoms with Crippen molar-refractivity contribution in [1.29, 1.82) is 0 Å². The summed E-state index contributed by atoms with van der Waals surface area (Å²) in [6.45, 7) is 0.799. The quantitative estimate of drug-likeness (QED) is 0.116. The number of carbonyl (C=O) groups is 1. The van der Waals surface area contributed by atoms with Crippen LogP contribution in [0.3, 0.4) is 0 Å². The maximum Gasteiger partial charge on any atom is 0.217 e. The Hall–Kier alpha value is -1.13. The second-order valence-corrected chi connectivity index (χ2v) is 9.50. The molecule has 3 heterocycles. The number of aliphatic hydroxyl groups excluding tert-OH is 9. The molecule has 17 heteroatoms. The lowest BCUT2D eigenvalue weighted by molar-refractivity contribution is -0.374. The van der Waals surface area contributed by atoms with Gasteiger partial charge in [0.15, 0.2) is 18.9 Å². The Bertz CT molecular complexity index is 774. The Balaban J connectivity index is 1.75. The number of amides is 1. The van der Waals surface area contributed by atoms with Crippen LogP contribution >= 0.6 is 0 Å². The Labute approximate surface area is 223 Å². The summed E-state index contributed by atoms with van der Waals surface area (Å²) in [5.74, 6) is -0.522. The zero-order chi connectivity index (χ0) is 29.0. The number of ether oxygens (including phenoxy) is 6. The van der Waals surface area contributed by atoms with Crippen LogP contribution in [0.1, 0.15) is 13.8 Å². The predicted molar refractivity (Wildman–Crippen MR) is 122 cm³/mol. The molecular formula is C22H39NO16. The molecule has 228 valence electrons. The second-order valence-electron chi connectivity index (χ2n) is 9.50. The molecule has 0 aromatic carbocycles. The summed E-state index contributed by atoms with van der Waals surface area (Å²) in [5, 5.41) is 94.3. The summed E-state index contributed by atoms with van der Waals surface area (Å²) in [4.78, 5) is 11.7.